The highest BCUT2D eigenvalue weighted by Crippen LogP contribution is 2.34. The van der Waals surface area contributed by atoms with E-state index in [4.69, 9.17) is 15.7 Å². The molecule has 5 rings (SSSR count). The topological polar surface area (TPSA) is 109 Å². The van der Waals surface area contributed by atoms with E-state index in [0.717, 1.165) is 80.9 Å². The molecular formula is C28H39N9O. The van der Waals surface area contributed by atoms with E-state index in [2.05, 4.69) is 34.0 Å². The summed E-state index contributed by atoms with van der Waals surface area (Å²) in [5.74, 6) is 2.20. The molecule has 5 heterocycles. The molecule has 10 nitrogen and oxygen atoms in total. The van der Waals surface area contributed by atoms with Gasteiger partial charge < -0.3 is 20.1 Å². The van der Waals surface area contributed by atoms with Gasteiger partial charge in [0.25, 0.3) is 5.91 Å². The lowest BCUT2D eigenvalue weighted by atomic mass is 10.1. The van der Waals surface area contributed by atoms with Crippen LogP contribution < -0.4 is 15.5 Å². The molecule has 0 radical (unpaired) electrons. The first-order chi connectivity index (χ1) is 18.5. The van der Waals surface area contributed by atoms with Gasteiger partial charge in [0.2, 0.25) is 0 Å². The first kappa shape index (κ1) is 26.2. The Kier molecular flexibility index (Phi) is 7.99. The number of unbranched alkanes of at least 4 members (excludes halogenated alkanes) is 2. The van der Waals surface area contributed by atoms with Crippen LogP contribution in [0.1, 0.15) is 67.6 Å². The van der Waals surface area contributed by atoms with E-state index in [1.807, 2.05) is 35.8 Å². The Morgan fingerprint density at radius 3 is 2.79 bits per heavy atom. The molecule has 202 valence electrons. The zero-order valence-corrected chi connectivity index (χ0v) is 22.8. The van der Waals surface area contributed by atoms with E-state index in [9.17, 15) is 4.79 Å². The molecular weight excluding hydrogens is 478 g/mol. The van der Waals surface area contributed by atoms with Crippen LogP contribution in [0.2, 0.25) is 0 Å². The minimum atomic E-state index is -0.0241. The van der Waals surface area contributed by atoms with E-state index in [1.165, 1.54) is 0 Å². The van der Waals surface area contributed by atoms with Crippen molar-refractivity contribution in [1.82, 2.24) is 29.6 Å². The summed E-state index contributed by atoms with van der Waals surface area (Å²) in [5.41, 5.74) is 9.09. The van der Waals surface area contributed by atoms with Gasteiger partial charge in [-0.3, -0.25) is 9.69 Å². The Morgan fingerprint density at radius 1 is 1.16 bits per heavy atom. The number of carbonyl (C=O) groups excluding carboxylic acids is 1. The summed E-state index contributed by atoms with van der Waals surface area (Å²) in [7, 11) is 2.13. The van der Waals surface area contributed by atoms with Crippen molar-refractivity contribution in [2.75, 3.05) is 36.5 Å². The molecule has 3 aromatic heterocycles. The van der Waals surface area contributed by atoms with Crippen LogP contribution in [0.3, 0.4) is 0 Å². The van der Waals surface area contributed by atoms with Crippen LogP contribution in [0, 0.1) is 0 Å². The third-order valence-electron chi connectivity index (χ3n) is 7.70. The lowest BCUT2D eigenvalue weighted by Crippen LogP contribution is -2.28. The molecule has 0 unspecified atom stereocenters. The number of pyridine rings is 2. The Balaban J connectivity index is 1.45. The second-order valence-corrected chi connectivity index (χ2v) is 10.4. The first-order valence-electron chi connectivity index (χ1n) is 13.8. The number of hydrogen-bond acceptors (Lipinski definition) is 8. The zero-order valence-electron chi connectivity index (χ0n) is 22.8. The number of aromatic nitrogens is 5. The van der Waals surface area contributed by atoms with Gasteiger partial charge in [0, 0.05) is 31.2 Å². The Labute approximate surface area is 224 Å². The van der Waals surface area contributed by atoms with Crippen molar-refractivity contribution in [3.05, 3.63) is 47.4 Å². The number of carbonyl (C=O) groups is 1. The number of aryl methyl sites for hydroxylation is 1. The molecule has 1 saturated heterocycles. The van der Waals surface area contributed by atoms with Gasteiger partial charge in [-0.2, -0.15) is 0 Å². The summed E-state index contributed by atoms with van der Waals surface area (Å²) >= 11 is 0. The second-order valence-electron chi connectivity index (χ2n) is 10.4. The number of amides is 1. The highest BCUT2D eigenvalue weighted by Gasteiger charge is 2.34. The molecule has 1 atom stereocenters. The highest BCUT2D eigenvalue weighted by atomic mass is 16.2. The lowest BCUT2D eigenvalue weighted by molar-refractivity contribution is 0.0996. The maximum absolute atomic E-state index is 13.8. The maximum Gasteiger partial charge on any atom is 0.260 e. The Hall–Kier alpha value is -3.37. The van der Waals surface area contributed by atoms with E-state index in [-0.39, 0.29) is 5.91 Å². The van der Waals surface area contributed by atoms with Crippen molar-refractivity contribution in [1.29, 1.82) is 0 Å². The molecule has 10 heteroatoms. The normalized spacial score (nSPS) is 17.2. The average molecular weight is 518 g/mol. The third-order valence-corrected chi connectivity index (χ3v) is 7.70. The van der Waals surface area contributed by atoms with Crippen LogP contribution >= 0.6 is 0 Å². The molecule has 38 heavy (non-hydrogen) atoms. The molecule has 0 bridgehead atoms. The molecule has 1 amide bonds. The predicted octanol–water partition coefficient (Wildman–Crippen LogP) is 3.46. The van der Waals surface area contributed by atoms with Crippen LogP contribution in [-0.4, -0.2) is 68.3 Å². The van der Waals surface area contributed by atoms with Gasteiger partial charge >= 0.3 is 0 Å². The van der Waals surface area contributed by atoms with Crippen molar-refractivity contribution >= 4 is 17.5 Å². The molecule has 2 N–H and O–H groups in total. The predicted molar refractivity (Wildman–Crippen MR) is 149 cm³/mol. The van der Waals surface area contributed by atoms with E-state index in [0.29, 0.717) is 36.5 Å². The van der Waals surface area contributed by atoms with Crippen molar-refractivity contribution in [2.45, 2.75) is 71.6 Å². The highest BCUT2D eigenvalue weighted by molar-refractivity contribution is 6.10. The van der Waals surface area contributed by atoms with Gasteiger partial charge in [-0.15, -0.1) is 10.2 Å². The fourth-order valence-corrected chi connectivity index (χ4v) is 5.51. The molecule has 0 spiro atoms. The first-order valence-corrected chi connectivity index (χ1v) is 13.8. The smallest absolute Gasteiger partial charge is 0.260 e. The molecule has 3 aromatic rings. The van der Waals surface area contributed by atoms with Gasteiger partial charge in [-0.1, -0.05) is 12.5 Å². The zero-order chi connectivity index (χ0) is 26.6. The molecule has 0 aliphatic carbocycles. The Morgan fingerprint density at radius 2 is 2.03 bits per heavy atom. The number of nitrogens with two attached hydrogens (primary N) is 1. The largest absolute Gasteiger partial charge is 0.354 e. The molecule has 0 aromatic carbocycles. The van der Waals surface area contributed by atoms with Gasteiger partial charge in [0.05, 0.1) is 17.8 Å². The molecule has 2 aliphatic rings. The van der Waals surface area contributed by atoms with Gasteiger partial charge in [0.15, 0.2) is 5.82 Å². The lowest BCUT2D eigenvalue weighted by Gasteiger charge is -2.25. The molecule has 2 aliphatic heterocycles. The fraction of sp³-hybridized carbons (Fsp3) is 0.536. The number of fused-ring (bicyclic) bond motifs is 1. The molecule has 0 saturated carbocycles. The van der Waals surface area contributed by atoms with E-state index < -0.39 is 0 Å². The quantitative estimate of drug-likeness (QED) is 0.385. The third kappa shape index (κ3) is 5.28. The van der Waals surface area contributed by atoms with Gasteiger partial charge in [-0.25, -0.2) is 9.97 Å². The fourth-order valence-electron chi connectivity index (χ4n) is 5.51. The SMILES string of the molecule is CCn1cnnc1-c1cccc(N2Cc3c(cc(N4CCC[C@H]4C)nc3CN(C)CCCCCN)C2=O)n1. The summed E-state index contributed by atoms with van der Waals surface area (Å²) in [6.45, 7) is 8.87. The van der Waals surface area contributed by atoms with E-state index >= 15 is 0 Å². The van der Waals surface area contributed by atoms with E-state index in [1.54, 1.807) is 11.2 Å². The minimum absolute atomic E-state index is 0.0241. The van der Waals surface area contributed by atoms with Crippen molar-refractivity contribution in [3.63, 3.8) is 0 Å². The second kappa shape index (κ2) is 11.6. The van der Waals surface area contributed by atoms with Crippen molar-refractivity contribution in [3.8, 4) is 11.5 Å². The summed E-state index contributed by atoms with van der Waals surface area (Å²) in [5, 5.41) is 8.28. The summed E-state index contributed by atoms with van der Waals surface area (Å²) in [4.78, 5) is 30.2. The monoisotopic (exact) mass is 517 g/mol. The van der Waals surface area contributed by atoms with Crippen molar-refractivity contribution < 1.29 is 4.79 Å². The average Bonchev–Trinajstić information content (AvgIpc) is 3.65. The molecule has 1 fully saturated rings. The van der Waals surface area contributed by atoms with Crippen molar-refractivity contribution in [2.24, 2.45) is 5.73 Å². The number of nitrogens with zero attached hydrogens (tertiary/aromatic N) is 8. The van der Waals surface area contributed by atoms with Crippen LogP contribution in [0.25, 0.3) is 11.5 Å². The standard InChI is InChI=1S/C28H39N9O/c1-4-35-19-30-33-27(35)23-11-8-12-25(31-23)37-17-22-21(28(37)38)16-26(36-15-9-10-20(36)2)32-24(22)18-34(3)14-7-5-6-13-29/h8,11-12,16,19-20H,4-7,9-10,13-15,17-18,29H2,1-3H3/t20-/m1/s1. The van der Waals surface area contributed by atoms with Gasteiger partial charge in [-0.05, 0) is 77.9 Å². The van der Waals surface area contributed by atoms with Crippen LogP contribution in [0.5, 0.6) is 0 Å². The summed E-state index contributed by atoms with van der Waals surface area (Å²) < 4.78 is 1.95. The Bertz CT molecular complexity index is 1270. The maximum atomic E-state index is 13.8. The minimum Gasteiger partial charge on any atom is -0.354 e. The number of anilines is 2. The summed E-state index contributed by atoms with van der Waals surface area (Å²) in [6, 6.07) is 8.15. The van der Waals surface area contributed by atoms with Crippen LogP contribution in [-0.2, 0) is 19.6 Å². The van der Waals surface area contributed by atoms with Crippen LogP contribution in [0.15, 0.2) is 30.6 Å². The van der Waals surface area contributed by atoms with Gasteiger partial charge in [0.1, 0.15) is 23.7 Å². The summed E-state index contributed by atoms with van der Waals surface area (Å²) in [6.07, 6.45) is 7.27. The van der Waals surface area contributed by atoms with Crippen LogP contribution in [0.4, 0.5) is 11.6 Å². The number of hydrogen-bond donors (Lipinski definition) is 1. The number of rotatable bonds is 11.